The van der Waals surface area contributed by atoms with Crippen LogP contribution in [0.2, 0.25) is 0 Å². The van der Waals surface area contributed by atoms with Gasteiger partial charge in [0.2, 0.25) is 11.8 Å². The number of nitrogens with one attached hydrogen (secondary N) is 1. The van der Waals surface area contributed by atoms with Crippen LogP contribution in [0.15, 0.2) is 30.5 Å². The number of nitrogens with zero attached hydrogens (tertiary/aromatic N) is 3. The number of amides is 3. The fourth-order valence-corrected chi connectivity index (χ4v) is 3.46. The quantitative estimate of drug-likeness (QED) is 0.717. The molecule has 3 rings (SSSR count). The molecule has 2 aromatic rings. The largest absolute Gasteiger partial charge is 0.370 e. The summed E-state index contributed by atoms with van der Waals surface area (Å²) in [4.78, 5) is 46.3. The van der Waals surface area contributed by atoms with Gasteiger partial charge in [-0.1, -0.05) is 12.1 Å². The minimum Gasteiger partial charge on any atom is -0.370 e. The lowest BCUT2D eigenvalue weighted by molar-refractivity contribution is -0.134. The first-order valence-electron chi connectivity index (χ1n) is 9.79. The van der Waals surface area contributed by atoms with Crippen molar-refractivity contribution in [1.29, 1.82) is 0 Å². The Bertz CT molecular complexity index is 948. The third kappa shape index (κ3) is 5.16. The van der Waals surface area contributed by atoms with Crippen molar-refractivity contribution in [3.63, 3.8) is 0 Å². The van der Waals surface area contributed by atoms with Crippen molar-refractivity contribution in [3.05, 3.63) is 58.9 Å². The highest BCUT2D eigenvalue weighted by atomic mass is 19.1. The van der Waals surface area contributed by atoms with E-state index in [-0.39, 0.29) is 43.1 Å². The Morgan fingerprint density at radius 3 is 2.63 bits per heavy atom. The molecule has 1 aromatic heterocycles. The van der Waals surface area contributed by atoms with E-state index in [1.165, 1.54) is 18.3 Å². The Balaban J connectivity index is 1.66. The summed E-state index contributed by atoms with van der Waals surface area (Å²) in [5.74, 6) is -0.850. The highest BCUT2D eigenvalue weighted by Gasteiger charge is 2.32. The van der Waals surface area contributed by atoms with E-state index in [9.17, 15) is 18.8 Å². The van der Waals surface area contributed by atoms with Gasteiger partial charge in [-0.3, -0.25) is 14.4 Å². The van der Waals surface area contributed by atoms with E-state index in [0.29, 0.717) is 23.6 Å². The third-order valence-electron chi connectivity index (χ3n) is 5.07. The first-order chi connectivity index (χ1) is 14.3. The number of rotatable bonds is 7. The topological polar surface area (TPSA) is 118 Å². The summed E-state index contributed by atoms with van der Waals surface area (Å²) >= 11 is 0. The van der Waals surface area contributed by atoms with E-state index in [2.05, 4.69) is 15.3 Å². The lowest BCUT2D eigenvalue weighted by atomic mass is 10.1. The summed E-state index contributed by atoms with van der Waals surface area (Å²) in [5, 5.41) is 2.77. The summed E-state index contributed by atoms with van der Waals surface area (Å²) in [6.07, 6.45) is 3.07. The maximum absolute atomic E-state index is 13.0. The van der Waals surface area contributed by atoms with Gasteiger partial charge in [0.15, 0.2) is 5.82 Å². The van der Waals surface area contributed by atoms with Crippen LogP contribution in [-0.4, -0.2) is 39.1 Å². The van der Waals surface area contributed by atoms with Crippen molar-refractivity contribution >= 4 is 17.7 Å². The minimum atomic E-state index is -0.512. The number of aryl methyl sites for hydroxylation is 1. The number of halogens is 1. The minimum absolute atomic E-state index is 0.00903. The Kier molecular flexibility index (Phi) is 6.71. The van der Waals surface area contributed by atoms with Crippen molar-refractivity contribution in [2.45, 2.75) is 45.2 Å². The Hall–Kier alpha value is -3.36. The lowest BCUT2D eigenvalue weighted by Crippen LogP contribution is -2.32. The molecule has 0 aliphatic carbocycles. The summed E-state index contributed by atoms with van der Waals surface area (Å²) in [5.41, 5.74) is 6.75. The lowest BCUT2D eigenvalue weighted by Gasteiger charge is -2.24. The highest BCUT2D eigenvalue weighted by Crippen LogP contribution is 2.30. The maximum Gasteiger partial charge on any atom is 0.254 e. The second-order valence-electron chi connectivity index (χ2n) is 7.25. The molecular weight excluding hydrogens is 389 g/mol. The van der Waals surface area contributed by atoms with Crippen LogP contribution < -0.4 is 11.1 Å². The average molecular weight is 413 g/mol. The number of likely N-dealkylation sites (tertiary alicyclic amines) is 1. The van der Waals surface area contributed by atoms with Gasteiger partial charge >= 0.3 is 0 Å². The van der Waals surface area contributed by atoms with Crippen LogP contribution in [0.1, 0.15) is 59.2 Å². The molecule has 1 aromatic carbocycles. The van der Waals surface area contributed by atoms with Gasteiger partial charge in [0.1, 0.15) is 5.82 Å². The molecule has 0 saturated carbocycles. The average Bonchev–Trinajstić information content (AvgIpc) is 3.21. The second-order valence-corrected chi connectivity index (χ2v) is 7.25. The van der Waals surface area contributed by atoms with Gasteiger partial charge in [0.05, 0.1) is 17.3 Å². The van der Waals surface area contributed by atoms with Gasteiger partial charge in [-0.2, -0.15) is 0 Å². The fourth-order valence-electron chi connectivity index (χ4n) is 3.46. The second kappa shape index (κ2) is 9.43. The Labute approximate surface area is 173 Å². The third-order valence-corrected chi connectivity index (χ3v) is 5.07. The molecule has 3 N–H and O–H groups in total. The van der Waals surface area contributed by atoms with Crippen molar-refractivity contribution in [1.82, 2.24) is 20.2 Å². The number of aromatic nitrogens is 2. The number of benzene rings is 1. The molecule has 1 saturated heterocycles. The Morgan fingerprint density at radius 1 is 1.23 bits per heavy atom. The molecule has 1 aliphatic heterocycles. The number of carbonyl (C=O) groups is 3. The van der Waals surface area contributed by atoms with Gasteiger partial charge in [-0.15, -0.1) is 0 Å². The molecule has 9 heteroatoms. The van der Waals surface area contributed by atoms with Crippen LogP contribution in [0.3, 0.4) is 0 Å². The summed E-state index contributed by atoms with van der Waals surface area (Å²) in [6, 6.07) is 5.60. The van der Waals surface area contributed by atoms with Gasteiger partial charge < -0.3 is 16.0 Å². The molecule has 2 heterocycles. The zero-order valence-corrected chi connectivity index (χ0v) is 16.7. The van der Waals surface area contributed by atoms with Crippen molar-refractivity contribution < 1.29 is 18.8 Å². The SMILES string of the molecule is Cc1nc([C@H]2CCCN2C(=O)CCC(N)=O)ncc1C(=O)NCc1ccc(F)cc1. The van der Waals surface area contributed by atoms with Crippen LogP contribution in [0.25, 0.3) is 0 Å². The van der Waals surface area contributed by atoms with Gasteiger partial charge in [-0.25, -0.2) is 14.4 Å². The van der Waals surface area contributed by atoms with Crippen LogP contribution in [0, 0.1) is 12.7 Å². The molecule has 0 radical (unpaired) electrons. The summed E-state index contributed by atoms with van der Waals surface area (Å²) in [6.45, 7) is 2.54. The fraction of sp³-hybridized carbons (Fsp3) is 0.381. The van der Waals surface area contributed by atoms with Crippen LogP contribution in [0.4, 0.5) is 4.39 Å². The standard InChI is InChI=1S/C21H24FN5O3/c1-13-16(21(30)25-11-14-4-6-15(22)7-5-14)12-24-20(26-13)17-3-2-10-27(17)19(29)9-8-18(23)28/h4-7,12,17H,2-3,8-11H2,1H3,(H2,23,28)(H,25,30)/t17-/m1/s1. The van der Waals surface area contributed by atoms with Crippen LogP contribution in [-0.2, 0) is 16.1 Å². The molecular formula is C21H24FN5O3. The zero-order valence-electron chi connectivity index (χ0n) is 16.7. The zero-order chi connectivity index (χ0) is 21.7. The monoisotopic (exact) mass is 413 g/mol. The molecule has 1 aliphatic rings. The number of carbonyl (C=O) groups excluding carboxylic acids is 3. The molecule has 0 spiro atoms. The number of hydrogen-bond donors (Lipinski definition) is 2. The molecule has 1 atom stereocenters. The smallest absolute Gasteiger partial charge is 0.254 e. The molecule has 1 fully saturated rings. The first kappa shape index (κ1) is 21.4. The first-order valence-corrected chi connectivity index (χ1v) is 9.79. The van der Waals surface area contributed by atoms with E-state index in [1.807, 2.05) is 0 Å². The van der Waals surface area contributed by atoms with Crippen molar-refractivity contribution in [2.24, 2.45) is 5.73 Å². The van der Waals surface area contributed by atoms with E-state index in [0.717, 1.165) is 18.4 Å². The van der Waals surface area contributed by atoms with Crippen LogP contribution >= 0.6 is 0 Å². The van der Waals surface area contributed by atoms with Crippen molar-refractivity contribution in [3.8, 4) is 0 Å². The predicted octanol–water partition coefficient (Wildman–Crippen LogP) is 1.78. The molecule has 0 unspecified atom stereocenters. The highest BCUT2D eigenvalue weighted by molar-refractivity contribution is 5.94. The number of nitrogens with two attached hydrogens (primary N) is 1. The normalized spacial score (nSPS) is 15.8. The van der Waals surface area contributed by atoms with E-state index >= 15 is 0 Å². The molecule has 3 amide bonds. The summed E-state index contributed by atoms with van der Waals surface area (Å²) < 4.78 is 13.0. The van der Waals surface area contributed by atoms with Gasteiger partial charge in [-0.05, 0) is 37.5 Å². The van der Waals surface area contributed by atoms with E-state index in [1.54, 1.807) is 24.0 Å². The van der Waals surface area contributed by atoms with E-state index < -0.39 is 5.91 Å². The predicted molar refractivity (Wildman–Crippen MR) is 106 cm³/mol. The molecule has 0 bridgehead atoms. The van der Waals surface area contributed by atoms with Gasteiger partial charge in [0, 0.05) is 32.1 Å². The Morgan fingerprint density at radius 2 is 1.97 bits per heavy atom. The molecule has 158 valence electrons. The van der Waals surface area contributed by atoms with Crippen molar-refractivity contribution in [2.75, 3.05) is 6.54 Å². The number of hydrogen-bond acceptors (Lipinski definition) is 5. The number of primary amides is 1. The molecule has 30 heavy (non-hydrogen) atoms. The van der Waals surface area contributed by atoms with Gasteiger partial charge in [0.25, 0.3) is 5.91 Å². The maximum atomic E-state index is 13.0. The van der Waals surface area contributed by atoms with Crippen LogP contribution in [0.5, 0.6) is 0 Å². The summed E-state index contributed by atoms with van der Waals surface area (Å²) in [7, 11) is 0. The van der Waals surface area contributed by atoms with E-state index in [4.69, 9.17) is 5.73 Å². The molecule has 8 nitrogen and oxygen atoms in total.